The van der Waals surface area contributed by atoms with Crippen LogP contribution in [-0.4, -0.2) is 41.5 Å². The average molecular weight is 321 g/mol. The lowest BCUT2D eigenvalue weighted by atomic mass is 10.2. The van der Waals surface area contributed by atoms with Crippen LogP contribution in [-0.2, 0) is 9.53 Å². The van der Waals surface area contributed by atoms with Gasteiger partial charge in [0.1, 0.15) is 0 Å². The Morgan fingerprint density at radius 2 is 2.45 bits per heavy atom. The number of carbonyl (C=O) groups is 1. The van der Waals surface area contributed by atoms with Crippen molar-refractivity contribution in [1.82, 2.24) is 15.1 Å². The topological polar surface area (TPSA) is 68.2 Å². The summed E-state index contributed by atoms with van der Waals surface area (Å²) >= 11 is 6.25. The number of rotatable bonds is 4. The minimum Gasteiger partial charge on any atom is -0.378 e. The van der Waals surface area contributed by atoms with Gasteiger partial charge in [0, 0.05) is 37.1 Å². The SMILES string of the molecule is O=C(CC1COCCN1)Nc1ccc(-n2cccn2)c(Cl)c1. The summed E-state index contributed by atoms with van der Waals surface area (Å²) in [7, 11) is 0. The lowest BCUT2D eigenvalue weighted by molar-refractivity contribution is -0.117. The third-order valence-electron chi connectivity index (χ3n) is 3.41. The van der Waals surface area contributed by atoms with Crippen molar-refractivity contribution in [3.05, 3.63) is 41.7 Å². The van der Waals surface area contributed by atoms with Crippen LogP contribution in [0.4, 0.5) is 5.69 Å². The molecule has 7 heteroatoms. The first-order chi connectivity index (χ1) is 10.7. The van der Waals surface area contributed by atoms with E-state index in [1.54, 1.807) is 16.9 Å². The lowest BCUT2D eigenvalue weighted by Gasteiger charge is -2.23. The molecule has 6 nitrogen and oxygen atoms in total. The molecule has 0 radical (unpaired) electrons. The molecule has 22 heavy (non-hydrogen) atoms. The van der Waals surface area contributed by atoms with Crippen molar-refractivity contribution < 1.29 is 9.53 Å². The number of morpholine rings is 1. The standard InChI is InChI=1S/C15H17ClN4O2/c16-13-8-11(2-3-14(13)20-6-1-4-18-20)19-15(21)9-12-10-22-7-5-17-12/h1-4,6,8,12,17H,5,7,9-10H2,(H,19,21). The molecule has 0 bridgehead atoms. The van der Waals surface area contributed by atoms with Crippen molar-refractivity contribution in [3.63, 3.8) is 0 Å². The fourth-order valence-electron chi connectivity index (χ4n) is 2.37. The molecule has 1 saturated heterocycles. The molecule has 0 aliphatic carbocycles. The lowest BCUT2D eigenvalue weighted by Crippen LogP contribution is -2.43. The first-order valence-electron chi connectivity index (χ1n) is 7.13. The van der Waals surface area contributed by atoms with Crippen molar-refractivity contribution in [2.45, 2.75) is 12.5 Å². The number of nitrogens with zero attached hydrogens (tertiary/aromatic N) is 2. The Labute approximate surface area is 133 Å². The average Bonchev–Trinajstić information content (AvgIpc) is 3.02. The van der Waals surface area contributed by atoms with Gasteiger partial charge in [-0.05, 0) is 24.3 Å². The third-order valence-corrected chi connectivity index (χ3v) is 3.72. The van der Waals surface area contributed by atoms with Gasteiger partial charge in [-0.25, -0.2) is 4.68 Å². The zero-order valence-electron chi connectivity index (χ0n) is 12.0. The number of carbonyl (C=O) groups excluding carboxylic acids is 1. The molecule has 3 rings (SSSR count). The number of aromatic nitrogens is 2. The zero-order valence-corrected chi connectivity index (χ0v) is 12.7. The van der Waals surface area contributed by atoms with Gasteiger partial charge in [-0.3, -0.25) is 4.79 Å². The van der Waals surface area contributed by atoms with E-state index in [0.29, 0.717) is 30.3 Å². The number of anilines is 1. The normalized spacial score (nSPS) is 18.1. The van der Waals surface area contributed by atoms with Gasteiger partial charge in [-0.1, -0.05) is 11.6 Å². The second-order valence-electron chi connectivity index (χ2n) is 5.10. The van der Waals surface area contributed by atoms with E-state index < -0.39 is 0 Å². The molecule has 2 aromatic rings. The number of amides is 1. The Bertz CT molecular complexity index is 639. The Hall–Kier alpha value is -1.89. The Morgan fingerprint density at radius 3 is 3.14 bits per heavy atom. The highest BCUT2D eigenvalue weighted by atomic mass is 35.5. The maximum Gasteiger partial charge on any atom is 0.226 e. The third kappa shape index (κ3) is 3.65. The molecule has 1 aliphatic heterocycles. The smallest absolute Gasteiger partial charge is 0.226 e. The van der Waals surface area contributed by atoms with E-state index in [4.69, 9.17) is 16.3 Å². The van der Waals surface area contributed by atoms with Crippen LogP contribution in [0, 0.1) is 0 Å². The largest absolute Gasteiger partial charge is 0.378 e. The number of benzene rings is 1. The predicted octanol–water partition coefficient (Wildman–Crippen LogP) is 1.84. The van der Waals surface area contributed by atoms with Crippen LogP contribution < -0.4 is 10.6 Å². The molecule has 1 amide bonds. The Balaban J connectivity index is 1.63. The highest BCUT2D eigenvalue weighted by molar-refractivity contribution is 6.32. The molecule has 1 aromatic carbocycles. The summed E-state index contributed by atoms with van der Waals surface area (Å²) in [6.07, 6.45) is 3.87. The highest BCUT2D eigenvalue weighted by Crippen LogP contribution is 2.24. The fourth-order valence-corrected chi connectivity index (χ4v) is 2.64. The van der Waals surface area contributed by atoms with Crippen molar-refractivity contribution in [2.24, 2.45) is 0 Å². The van der Waals surface area contributed by atoms with Gasteiger partial charge < -0.3 is 15.4 Å². The number of hydrogen-bond donors (Lipinski definition) is 2. The minimum absolute atomic E-state index is 0.0626. The number of hydrogen-bond acceptors (Lipinski definition) is 4. The molecule has 0 spiro atoms. The van der Waals surface area contributed by atoms with Crippen LogP contribution in [0.15, 0.2) is 36.7 Å². The van der Waals surface area contributed by atoms with Crippen LogP contribution in [0.5, 0.6) is 0 Å². The van der Waals surface area contributed by atoms with Crippen molar-refractivity contribution in [2.75, 3.05) is 25.1 Å². The molecule has 2 N–H and O–H groups in total. The molecule has 1 unspecified atom stereocenters. The maximum absolute atomic E-state index is 12.0. The van der Waals surface area contributed by atoms with Crippen molar-refractivity contribution in [3.8, 4) is 5.69 Å². The first-order valence-corrected chi connectivity index (χ1v) is 7.51. The summed E-state index contributed by atoms with van der Waals surface area (Å²) < 4.78 is 7.01. The van der Waals surface area contributed by atoms with Crippen molar-refractivity contribution >= 4 is 23.2 Å². The summed E-state index contributed by atoms with van der Waals surface area (Å²) in [5.41, 5.74) is 1.44. The predicted molar refractivity (Wildman–Crippen MR) is 84.4 cm³/mol. The van der Waals surface area contributed by atoms with Crippen LogP contribution in [0.1, 0.15) is 6.42 Å². The van der Waals surface area contributed by atoms with E-state index in [0.717, 1.165) is 12.2 Å². The van der Waals surface area contributed by atoms with E-state index >= 15 is 0 Å². The summed E-state index contributed by atoms with van der Waals surface area (Å²) in [4.78, 5) is 12.0. The van der Waals surface area contributed by atoms with Gasteiger partial charge in [0.25, 0.3) is 0 Å². The monoisotopic (exact) mass is 320 g/mol. The Kier molecular flexibility index (Phi) is 4.72. The van der Waals surface area contributed by atoms with Crippen LogP contribution in [0.25, 0.3) is 5.69 Å². The van der Waals surface area contributed by atoms with Gasteiger partial charge in [-0.2, -0.15) is 5.10 Å². The highest BCUT2D eigenvalue weighted by Gasteiger charge is 2.17. The van der Waals surface area contributed by atoms with Crippen molar-refractivity contribution in [1.29, 1.82) is 0 Å². The molecular weight excluding hydrogens is 304 g/mol. The van der Waals surface area contributed by atoms with Gasteiger partial charge in [0.05, 0.1) is 23.9 Å². The van der Waals surface area contributed by atoms with E-state index in [2.05, 4.69) is 15.7 Å². The second-order valence-corrected chi connectivity index (χ2v) is 5.50. The van der Waals surface area contributed by atoms with E-state index in [9.17, 15) is 4.79 Å². The summed E-state index contributed by atoms with van der Waals surface area (Å²) in [6, 6.07) is 7.25. The fraction of sp³-hybridized carbons (Fsp3) is 0.333. The van der Waals surface area contributed by atoms with Crippen LogP contribution in [0.2, 0.25) is 5.02 Å². The first kappa shape index (κ1) is 15.0. The number of halogens is 1. The molecule has 1 aliphatic rings. The van der Waals surface area contributed by atoms with E-state index in [-0.39, 0.29) is 11.9 Å². The van der Waals surface area contributed by atoms with Gasteiger partial charge in [-0.15, -0.1) is 0 Å². The Morgan fingerprint density at radius 1 is 1.55 bits per heavy atom. The molecule has 116 valence electrons. The molecule has 1 fully saturated rings. The summed E-state index contributed by atoms with van der Waals surface area (Å²) in [5, 5.41) is 10.8. The minimum atomic E-state index is -0.0640. The molecule has 2 heterocycles. The molecule has 1 atom stereocenters. The van der Waals surface area contributed by atoms with Gasteiger partial charge in [0.15, 0.2) is 0 Å². The second kappa shape index (κ2) is 6.91. The maximum atomic E-state index is 12.0. The molecule has 1 aromatic heterocycles. The van der Waals surface area contributed by atoms with Crippen LogP contribution >= 0.6 is 11.6 Å². The van der Waals surface area contributed by atoms with E-state index in [1.165, 1.54) is 0 Å². The quantitative estimate of drug-likeness (QED) is 0.902. The summed E-state index contributed by atoms with van der Waals surface area (Å²) in [6.45, 7) is 2.04. The zero-order chi connectivity index (χ0) is 15.4. The van der Waals surface area contributed by atoms with E-state index in [1.807, 2.05) is 24.4 Å². The molecular formula is C15H17ClN4O2. The van der Waals surface area contributed by atoms with Crippen LogP contribution in [0.3, 0.4) is 0 Å². The van der Waals surface area contributed by atoms with Gasteiger partial charge >= 0.3 is 0 Å². The molecule has 0 saturated carbocycles. The van der Waals surface area contributed by atoms with Gasteiger partial charge in [0.2, 0.25) is 5.91 Å². The number of nitrogens with one attached hydrogen (secondary N) is 2. The number of ether oxygens (including phenoxy) is 1. The summed E-state index contributed by atoms with van der Waals surface area (Å²) in [5.74, 6) is -0.0640.